The molecule has 6 heteroatoms. The summed E-state index contributed by atoms with van der Waals surface area (Å²) in [5.74, 6) is 1.36. The zero-order chi connectivity index (χ0) is 17.9. The van der Waals surface area contributed by atoms with Crippen molar-refractivity contribution in [2.24, 2.45) is 0 Å². The van der Waals surface area contributed by atoms with E-state index in [9.17, 15) is 10.1 Å². The summed E-state index contributed by atoms with van der Waals surface area (Å²) in [5, 5.41) is 11.1. The molecule has 0 bridgehead atoms. The van der Waals surface area contributed by atoms with E-state index >= 15 is 0 Å². The summed E-state index contributed by atoms with van der Waals surface area (Å²) in [6.45, 7) is 0. The van der Waals surface area contributed by atoms with Gasteiger partial charge in [0.25, 0.3) is 5.69 Å². The number of fused-ring (bicyclic) bond motifs is 1. The number of hydrogen-bond donors (Lipinski definition) is 0. The highest BCUT2D eigenvalue weighted by molar-refractivity contribution is 5.83. The number of rotatable bonds is 4. The van der Waals surface area contributed by atoms with Crippen LogP contribution in [0.5, 0.6) is 0 Å². The number of benzene rings is 2. The Balaban J connectivity index is 1.90. The molecule has 2 aromatic heterocycles. The van der Waals surface area contributed by atoms with Crippen LogP contribution in [-0.2, 0) is 0 Å². The van der Waals surface area contributed by atoms with Gasteiger partial charge in [-0.1, -0.05) is 42.5 Å². The van der Waals surface area contributed by atoms with Crippen molar-refractivity contribution in [1.29, 1.82) is 0 Å². The van der Waals surface area contributed by atoms with Crippen LogP contribution in [0.25, 0.3) is 29.0 Å². The van der Waals surface area contributed by atoms with Crippen molar-refractivity contribution in [1.82, 2.24) is 14.5 Å². The molecule has 0 unspecified atom stereocenters. The molecule has 0 fully saturated rings. The Labute approximate surface area is 149 Å². The Morgan fingerprint density at radius 3 is 2.50 bits per heavy atom. The van der Waals surface area contributed by atoms with E-state index in [-0.39, 0.29) is 5.69 Å². The molecule has 126 valence electrons. The van der Waals surface area contributed by atoms with Crippen LogP contribution >= 0.6 is 0 Å². The monoisotopic (exact) mass is 342 g/mol. The van der Waals surface area contributed by atoms with Gasteiger partial charge in [-0.3, -0.25) is 14.7 Å². The van der Waals surface area contributed by atoms with Crippen LogP contribution < -0.4 is 0 Å². The molecule has 2 aromatic carbocycles. The van der Waals surface area contributed by atoms with Gasteiger partial charge in [-0.2, -0.15) is 0 Å². The molecular formula is C20H14N4O2. The minimum absolute atomic E-state index is 0.0155. The molecule has 0 spiro atoms. The van der Waals surface area contributed by atoms with E-state index in [0.717, 1.165) is 11.1 Å². The zero-order valence-corrected chi connectivity index (χ0v) is 13.7. The molecule has 0 aliphatic heterocycles. The Morgan fingerprint density at radius 2 is 1.77 bits per heavy atom. The molecule has 0 aliphatic carbocycles. The number of imidazole rings is 1. The molecule has 0 saturated heterocycles. The smallest absolute Gasteiger partial charge is 0.271 e. The van der Waals surface area contributed by atoms with E-state index in [2.05, 4.69) is 9.97 Å². The van der Waals surface area contributed by atoms with Crippen molar-refractivity contribution in [2.75, 3.05) is 0 Å². The van der Waals surface area contributed by atoms with E-state index in [0.29, 0.717) is 17.2 Å². The van der Waals surface area contributed by atoms with Crippen LogP contribution in [0.15, 0.2) is 72.9 Å². The maximum atomic E-state index is 11.1. The molecule has 0 atom stereocenters. The predicted octanol–water partition coefficient (Wildman–Crippen LogP) is 4.50. The third-order valence-corrected chi connectivity index (χ3v) is 3.98. The number of aromatic nitrogens is 3. The number of nitro benzene ring substituents is 1. The summed E-state index contributed by atoms with van der Waals surface area (Å²) >= 11 is 0. The first-order chi connectivity index (χ1) is 12.7. The highest BCUT2D eigenvalue weighted by Gasteiger charge is 2.15. The molecule has 0 radical (unpaired) electrons. The number of hydrogen-bond acceptors (Lipinski definition) is 4. The standard InChI is InChI=1S/C20H14N4O2/c25-24(26)16-10-11-18-17(14-16)22-20(12-9-15-6-2-1-3-7-15)23(18)19-8-4-5-13-21-19/h1-14H. The van der Waals surface area contributed by atoms with Gasteiger partial charge in [-0.25, -0.2) is 9.97 Å². The lowest BCUT2D eigenvalue weighted by molar-refractivity contribution is -0.384. The van der Waals surface area contributed by atoms with E-state index in [1.54, 1.807) is 12.3 Å². The Morgan fingerprint density at radius 1 is 0.962 bits per heavy atom. The van der Waals surface area contributed by atoms with Gasteiger partial charge in [-0.05, 0) is 29.8 Å². The molecule has 0 N–H and O–H groups in total. The largest absolute Gasteiger partial charge is 0.277 e. The second-order valence-electron chi connectivity index (χ2n) is 5.67. The first-order valence-corrected chi connectivity index (χ1v) is 8.04. The second kappa shape index (κ2) is 6.60. The van der Waals surface area contributed by atoms with Gasteiger partial charge >= 0.3 is 0 Å². The highest BCUT2D eigenvalue weighted by Crippen LogP contribution is 2.25. The average molecular weight is 342 g/mol. The number of non-ortho nitro benzene ring substituents is 1. The van der Waals surface area contributed by atoms with E-state index < -0.39 is 4.92 Å². The fourth-order valence-corrected chi connectivity index (χ4v) is 2.77. The van der Waals surface area contributed by atoms with Gasteiger partial charge in [0.05, 0.1) is 16.0 Å². The second-order valence-corrected chi connectivity index (χ2v) is 5.67. The molecular weight excluding hydrogens is 328 g/mol. The van der Waals surface area contributed by atoms with E-state index in [1.807, 2.05) is 65.3 Å². The summed E-state index contributed by atoms with van der Waals surface area (Å²) in [7, 11) is 0. The Hall–Kier alpha value is -3.80. The maximum Gasteiger partial charge on any atom is 0.271 e. The summed E-state index contributed by atoms with van der Waals surface area (Å²) < 4.78 is 1.89. The van der Waals surface area contributed by atoms with Crippen molar-refractivity contribution in [3.8, 4) is 5.82 Å². The molecule has 2 heterocycles. The van der Waals surface area contributed by atoms with Gasteiger partial charge in [0.2, 0.25) is 0 Å². The van der Waals surface area contributed by atoms with Gasteiger partial charge in [0.15, 0.2) is 0 Å². The lowest BCUT2D eigenvalue weighted by Crippen LogP contribution is -1.99. The lowest BCUT2D eigenvalue weighted by atomic mass is 10.2. The normalized spacial score (nSPS) is 11.2. The fourth-order valence-electron chi connectivity index (χ4n) is 2.77. The fraction of sp³-hybridized carbons (Fsp3) is 0. The van der Waals surface area contributed by atoms with Gasteiger partial charge in [-0.15, -0.1) is 0 Å². The van der Waals surface area contributed by atoms with Crippen molar-refractivity contribution in [2.45, 2.75) is 0 Å². The van der Waals surface area contributed by atoms with E-state index in [4.69, 9.17) is 0 Å². The molecule has 6 nitrogen and oxygen atoms in total. The summed E-state index contributed by atoms with van der Waals surface area (Å²) in [6.07, 6.45) is 5.54. The van der Waals surface area contributed by atoms with Crippen LogP contribution in [0.4, 0.5) is 5.69 Å². The van der Waals surface area contributed by atoms with Crippen LogP contribution in [-0.4, -0.2) is 19.5 Å². The molecule has 4 aromatic rings. The minimum Gasteiger partial charge on any atom is -0.277 e. The van der Waals surface area contributed by atoms with Crippen molar-refractivity contribution < 1.29 is 4.92 Å². The maximum absolute atomic E-state index is 11.1. The molecule has 0 saturated carbocycles. The summed E-state index contributed by atoms with van der Waals surface area (Å²) in [4.78, 5) is 19.6. The third-order valence-electron chi connectivity index (χ3n) is 3.98. The number of pyridine rings is 1. The van der Waals surface area contributed by atoms with Crippen LogP contribution in [0, 0.1) is 10.1 Å². The van der Waals surface area contributed by atoms with Crippen LogP contribution in [0.2, 0.25) is 0 Å². The molecule has 26 heavy (non-hydrogen) atoms. The summed E-state index contributed by atoms with van der Waals surface area (Å²) in [6, 6.07) is 20.1. The first kappa shape index (κ1) is 15.7. The van der Waals surface area contributed by atoms with Crippen LogP contribution in [0.3, 0.4) is 0 Å². The number of nitrogens with zero attached hydrogens (tertiary/aromatic N) is 4. The van der Waals surface area contributed by atoms with Gasteiger partial charge < -0.3 is 0 Å². The Kier molecular flexibility index (Phi) is 3.99. The third kappa shape index (κ3) is 2.95. The topological polar surface area (TPSA) is 73.8 Å². The minimum atomic E-state index is -0.418. The molecule has 4 rings (SSSR count). The molecule has 0 aliphatic rings. The van der Waals surface area contributed by atoms with Gasteiger partial charge in [0.1, 0.15) is 11.6 Å². The lowest BCUT2D eigenvalue weighted by Gasteiger charge is -2.05. The van der Waals surface area contributed by atoms with Crippen molar-refractivity contribution in [3.05, 3.63) is 94.4 Å². The predicted molar refractivity (Wildman–Crippen MR) is 101 cm³/mol. The highest BCUT2D eigenvalue weighted by atomic mass is 16.6. The first-order valence-electron chi connectivity index (χ1n) is 8.04. The summed E-state index contributed by atoms with van der Waals surface area (Å²) in [5.41, 5.74) is 2.37. The zero-order valence-electron chi connectivity index (χ0n) is 13.7. The van der Waals surface area contributed by atoms with Crippen molar-refractivity contribution >= 4 is 28.9 Å². The number of nitro groups is 1. The SMILES string of the molecule is O=[N+]([O-])c1ccc2c(c1)nc(C=Cc1ccccc1)n2-c1ccccn1. The average Bonchev–Trinajstić information content (AvgIpc) is 3.05. The van der Waals surface area contributed by atoms with Gasteiger partial charge in [0, 0.05) is 18.3 Å². The van der Waals surface area contributed by atoms with E-state index in [1.165, 1.54) is 12.1 Å². The quantitative estimate of drug-likeness (QED) is 0.404. The Bertz CT molecular complexity index is 1100. The van der Waals surface area contributed by atoms with Crippen molar-refractivity contribution in [3.63, 3.8) is 0 Å². The van der Waals surface area contributed by atoms with Crippen LogP contribution in [0.1, 0.15) is 11.4 Å². The molecule has 0 amide bonds.